The van der Waals surface area contributed by atoms with Crippen LogP contribution in [-0.2, 0) is 9.63 Å². The van der Waals surface area contributed by atoms with E-state index in [-0.39, 0.29) is 23.0 Å². The minimum absolute atomic E-state index is 0.0244. The molecule has 1 fully saturated rings. The number of nitrogens with zero attached hydrogens (tertiary/aromatic N) is 1. The molecule has 2 atom stereocenters. The lowest BCUT2D eigenvalue weighted by Crippen LogP contribution is -2.48. The Morgan fingerprint density at radius 2 is 2.14 bits per heavy atom. The van der Waals surface area contributed by atoms with Crippen molar-refractivity contribution in [2.24, 2.45) is 11.1 Å². The summed E-state index contributed by atoms with van der Waals surface area (Å²) in [5.41, 5.74) is 6.46. The molecular weight excluding hydrogens is 307 g/mol. The first-order valence-electron chi connectivity index (χ1n) is 7.36. The van der Waals surface area contributed by atoms with E-state index in [4.69, 9.17) is 22.2 Å². The van der Waals surface area contributed by atoms with Gasteiger partial charge in [-0.15, -0.1) is 5.06 Å². The van der Waals surface area contributed by atoms with Gasteiger partial charge >= 0.3 is 5.97 Å². The van der Waals surface area contributed by atoms with Crippen molar-refractivity contribution in [1.29, 1.82) is 0 Å². The Balaban J connectivity index is 2.01. The number of rotatable bonds is 2. The van der Waals surface area contributed by atoms with Gasteiger partial charge in [-0.2, -0.15) is 0 Å². The smallest absolute Gasteiger partial charge is 0.330 e. The van der Waals surface area contributed by atoms with E-state index >= 15 is 0 Å². The highest BCUT2D eigenvalue weighted by atomic mass is 35.5. The number of benzene rings is 1. The summed E-state index contributed by atoms with van der Waals surface area (Å²) in [6.45, 7) is 6.41. The zero-order valence-electron chi connectivity index (χ0n) is 13.1. The van der Waals surface area contributed by atoms with Gasteiger partial charge in [-0.25, -0.2) is 9.18 Å². The molecule has 4 nitrogen and oxygen atoms in total. The van der Waals surface area contributed by atoms with Crippen LogP contribution >= 0.6 is 11.6 Å². The second kappa shape index (κ2) is 6.52. The molecule has 0 spiro atoms. The third-order valence-electron chi connectivity index (χ3n) is 3.82. The summed E-state index contributed by atoms with van der Waals surface area (Å²) in [5.74, 6) is -0.694. The lowest BCUT2D eigenvalue weighted by atomic mass is 9.86. The van der Waals surface area contributed by atoms with Crippen LogP contribution < -0.4 is 5.73 Å². The molecule has 22 heavy (non-hydrogen) atoms. The average Bonchev–Trinajstić information content (AvgIpc) is 2.41. The zero-order chi connectivity index (χ0) is 16.5. The van der Waals surface area contributed by atoms with Crippen molar-refractivity contribution in [1.82, 2.24) is 5.06 Å². The molecule has 1 aliphatic rings. The maximum absolute atomic E-state index is 13.6. The fraction of sp³-hybridized carbons (Fsp3) is 0.562. The quantitative estimate of drug-likeness (QED) is 0.906. The minimum Gasteiger partial charge on any atom is -0.367 e. The van der Waals surface area contributed by atoms with Crippen molar-refractivity contribution in [3.8, 4) is 0 Å². The van der Waals surface area contributed by atoms with E-state index in [2.05, 4.69) is 0 Å². The van der Waals surface area contributed by atoms with Crippen LogP contribution in [-0.4, -0.2) is 30.2 Å². The molecule has 2 unspecified atom stereocenters. The van der Waals surface area contributed by atoms with E-state index in [0.717, 1.165) is 5.56 Å². The Morgan fingerprint density at radius 1 is 1.45 bits per heavy atom. The largest absolute Gasteiger partial charge is 0.367 e. The van der Waals surface area contributed by atoms with E-state index < -0.39 is 11.2 Å². The second-order valence-corrected chi connectivity index (χ2v) is 7.16. The van der Waals surface area contributed by atoms with Gasteiger partial charge in [0.25, 0.3) is 0 Å². The van der Waals surface area contributed by atoms with Gasteiger partial charge in [0.05, 0.1) is 17.0 Å². The van der Waals surface area contributed by atoms with Crippen molar-refractivity contribution in [2.45, 2.75) is 39.2 Å². The summed E-state index contributed by atoms with van der Waals surface area (Å²) in [6.07, 6.45) is 0.694. The molecule has 6 heteroatoms. The number of piperidine rings is 1. The molecule has 0 bridgehead atoms. The second-order valence-electron chi connectivity index (χ2n) is 6.75. The van der Waals surface area contributed by atoms with Crippen LogP contribution in [0.3, 0.4) is 0 Å². The molecule has 2 rings (SSSR count). The highest BCUT2D eigenvalue weighted by Crippen LogP contribution is 2.30. The summed E-state index contributed by atoms with van der Waals surface area (Å²) in [6, 6.07) is 4.54. The lowest BCUT2D eigenvalue weighted by molar-refractivity contribution is -0.205. The third kappa shape index (κ3) is 3.97. The maximum atomic E-state index is 13.6. The molecule has 0 aliphatic carbocycles. The third-order valence-corrected chi connectivity index (χ3v) is 4.12. The van der Waals surface area contributed by atoms with Crippen molar-refractivity contribution in [2.75, 3.05) is 13.1 Å². The van der Waals surface area contributed by atoms with Gasteiger partial charge in [0.2, 0.25) is 0 Å². The number of hydroxylamine groups is 2. The van der Waals surface area contributed by atoms with Gasteiger partial charge in [0.15, 0.2) is 0 Å². The maximum Gasteiger partial charge on any atom is 0.330 e. The molecule has 1 aromatic carbocycles. The summed E-state index contributed by atoms with van der Waals surface area (Å²) in [5, 5.41) is 1.70. The number of halogens is 2. The molecule has 0 amide bonds. The average molecular weight is 329 g/mol. The standard InChI is InChI=1S/C16H22ClFN2O2/c1-16(2,3)15(21)22-20-7-6-11(14(19)9-20)10-4-5-12(17)13(18)8-10/h4-5,8,11,14H,6-7,9,19H2,1-3H3. The highest BCUT2D eigenvalue weighted by molar-refractivity contribution is 6.30. The van der Waals surface area contributed by atoms with E-state index in [1.165, 1.54) is 6.07 Å². The van der Waals surface area contributed by atoms with Crippen molar-refractivity contribution in [3.63, 3.8) is 0 Å². The van der Waals surface area contributed by atoms with Crippen LogP contribution in [0.4, 0.5) is 4.39 Å². The summed E-state index contributed by atoms with van der Waals surface area (Å²) in [7, 11) is 0. The Bertz CT molecular complexity index is 560. The first-order chi connectivity index (χ1) is 10.2. The zero-order valence-corrected chi connectivity index (χ0v) is 13.9. The van der Waals surface area contributed by atoms with Gasteiger partial charge in [-0.1, -0.05) is 17.7 Å². The molecule has 2 N–H and O–H groups in total. The number of carbonyl (C=O) groups is 1. The first-order valence-corrected chi connectivity index (χ1v) is 7.74. The normalized spacial score (nSPS) is 23.4. The van der Waals surface area contributed by atoms with Gasteiger partial charge in [-0.05, 0) is 44.9 Å². The molecule has 0 aromatic heterocycles. The Hall–Kier alpha value is -1.17. The number of hydrogen-bond donors (Lipinski definition) is 1. The SMILES string of the molecule is CC(C)(C)C(=O)ON1CCC(c2ccc(Cl)c(F)c2)C(N)C1. The molecular formula is C16H22ClFN2O2. The number of nitrogens with two attached hydrogens (primary N) is 1. The van der Waals surface area contributed by atoms with Crippen LogP contribution in [0.15, 0.2) is 18.2 Å². The van der Waals surface area contributed by atoms with Crippen molar-refractivity contribution in [3.05, 3.63) is 34.6 Å². The van der Waals surface area contributed by atoms with E-state index in [0.29, 0.717) is 19.5 Å². The summed E-state index contributed by atoms with van der Waals surface area (Å²) in [4.78, 5) is 17.3. The molecule has 0 saturated carbocycles. The van der Waals surface area contributed by atoms with Crippen molar-refractivity contribution >= 4 is 17.6 Å². The fourth-order valence-electron chi connectivity index (χ4n) is 2.44. The van der Waals surface area contributed by atoms with Crippen LogP contribution in [0.5, 0.6) is 0 Å². The minimum atomic E-state index is -0.555. The van der Waals surface area contributed by atoms with E-state index in [1.54, 1.807) is 38.0 Å². The molecule has 0 radical (unpaired) electrons. The van der Waals surface area contributed by atoms with Crippen molar-refractivity contribution < 1.29 is 14.0 Å². The van der Waals surface area contributed by atoms with Crippen LogP contribution in [0.2, 0.25) is 5.02 Å². The van der Waals surface area contributed by atoms with Gasteiger partial charge < -0.3 is 10.6 Å². The first kappa shape index (κ1) is 17.2. The van der Waals surface area contributed by atoms with E-state index in [9.17, 15) is 9.18 Å². The molecule has 122 valence electrons. The summed E-state index contributed by atoms with van der Waals surface area (Å²) < 4.78 is 13.6. The lowest BCUT2D eigenvalue weighted by Gasteiger charge is -2.36. The number of carbonyl (C=O) groups excluding carboxylic acids is 1. The molecule has 1 aliphatic heterocycles. The summed E-state index contributed by atoms with van der Waals surface area (Å²) >= 11 is 5.71. The van der Waals surface area contributed by atoms with Crippen LogP contribution in [0.1, 0.15) is 38.7 Å². The van der Waals surface area contributed by atoms with Gasteiger partial charge in [-0.3, -0.25) is 0 Å². The van der Waals surface area contributed by atoms with Crippen LogP contribution in [0, 0.1) is 11.2 Å². The van der Waals surface area contributed by atoms with E-state index in [1.807, 2.05) is 0 Å². The Labute approximate surface area is 135 Å². The Morgan fingerprint density at radius 3 is 2.68 bits per heavy atom. The molecule has 1 heterocycles. The van der Waals surface area contributed by atoms with Gasteiger partial charge in [0, 0.05) is 18.5 Å². The fourth-order valence-corrected chi connectivity index (χ4v) is 2.56. The molecule has 1 aromatic rings. The Kier molecular flexibility index (Phi) is 5.10. The number of hydrogen-bond acceptors (Lipinski definition) is 4. The topological polar surface area (TPSA) is 55.6 Å². The van der Waals surface area contributed by atoms with Gasteiger partial charge in [0.1, 0.15) is 5.82 Å². The highest BCUT2D eigenvalue weighted by Gasteiger charge is 2.32. The van der Waals surface area contributed by atoms with Crippen LogP contribution in [0.25, 0.3) is 0 Å². The predicted molar refractivity (Wildman–Crippen MR) is 83.9 cm³/mol. The molecule has 1 saturated heterocycles. The predicted octanol–water partition coefficient (Wildman–Crippen LogP) is 3.10. The monoisotopic (exact) mass is 328 g/mol.